The van der Waals surface area contributed by atoms with Crippen molar-refractivity contribution in [1.29, 1.82) is 0 Å². The Balaban J connectivity index is 2.44. The molecule has 22 heavy (non-hydrogen) atoms. The zero-order chi connectivity index (χ0) is 16.4. The number of Topliss-reactive ketones (excluding diaryl/α,β-unsaturated/α-hetero) is 1. The highest BCUT2D eigenvalue weighted by Crippen LogP contribution is 2.27. The van der Waals surface area contributed by atoms with E-state index in [1.54, 1.807) is 12.2 Å². The highest BCUT2D eigenvalue weighted by Gasteiger charge is 2.19. The van der Waals surface area contributed by atoms with E-state index in [2.05, 4.69) is 12.2 Å². The monoisotopic (exact) mass is 306 g/mol. The van der Waals surface area contributed by atoms with Gasteiger partial charge in [-0.1, -0.05) is 36.8 Å². The van der Waals surface area contributed by atoms with E-state index in [9.17, 15) is 14.7 Å². The van der Waals surface area contributed by atoms with Crippen LogP contribution in [0.4, 0.5) is 0 Å². The molecule has 122 valence electrons. The van der Waals surface area contributed by atoms with Crippen molar-refractivity contribution < 1.29 is 19.8 Å². The number of hydrogen-bond acceptors (Lipinski definition) is 3. The Morgan fingerprint density at radius 2 is 2.05 bits per heavy atom. The number of carbonyl (C=O) groups is 2. The lowest BCUT2D eigenvalue weighted by atomic mass is 10.1. The number of carboxylic acid groups (broad SMARTS) is 1. The Morgan fingerprint density at radius 3 is 2.73 bits per heavy atom. The second-order valence-electron chi connectivity index (χ2n) is 5.59. The molecular weight excluding hydrogens is 280 g/mol. The fourth-order valence-corrected chi connectivity index (χ4v) is 2.38. The maximum atomic E-state index is 11.9. The van der Waals surface area contributed by atoms with Crippen LogP contribution >= 0.6 is 0 Å². The molecule has 0 aromatic rings. The van der Waals surface area contributed by atoms with Gasteiger partial charge >= 0.3 is 5.97 Å². The van der Waals surface area contributed by atoms with Crippen LogP contribution < -0.4 is 0 Å². The van der Waals surface area contributed by atoms with Gasteiger partial charge in [0.05, 0.1) is 6.10 Å². The molecule has 0 aromatic carbocycles. The number of unbranched alkanes of at least 4 members (excludes halogenated alkanes) is 2. The van der Waals surface area contributed by atoms with Crippen molar-refractivity contribution in [3.05, 3.63) is 35.5 Å². The summed E-state index contributed by atoms with van der Waals surface area (Å²) >= 11 is 0. The minimum Gasteiger partial charge on any atom is -0.481 e. The van der Waals surface area contributed by atoms with Crippen molar-refractivity contribution in [2.24, 2.45) is 0 Å². The lowest BCUT2D eigenvalue weighted by molar-refractivity contribution is -0.137. The van der Waals surface area contributed by atoms with Gasteiger partial charge in [0.1, 0.15) is 0 Å². The predicted octanol–water partition coefficient (Wildman–Crippen LogP) is 3.56. The number of aliphatic carboxylic acids is 1. The van der Waals surface area contributed by atoms with E-state index in [-0.39, 0.29) is 12.2 Å². The highest BCUT2D eigenvalue weighted by molar-refractivity contribution is 6.01. The number of hydrogen-bond donors (Lipinski definition) is 2. The SMILES string of the molecule is CC[C@@H](O)/C=C/C1=C(C/C=C\CCCCC(=O)O)CCC1=O. The van der Waals surface area contributed by atoms with Crippen molar-refractivity contribution in [3.63, 3.8) is 0 Å². The van der Waals surface area contributed by atoms with E-state index < -0.39 is 12.1 Å². The van der Waals surface area contributed by atoms with Crippen molar-refractivity contribution in [2.45, 2.75) is 64.4 Å². The fraction of sp³-hybridized carbons (Fsp3) is 0.556. The summed E-state index contributed by atoms with van der Waals surface area (Å²) in [5.41, 5.74) is 1.88. The van der Waals surface area contributed by atoms with Gasteiger partial charge in [-0.25, -0.2) is 0 Å². The zero-order valence-corrected chi connectivity index (χ0v) is 13.3. The van der Waals surface area contributed by atoms with E-state index in [0.29, 0.717) is 19.3 Å². The molecule has 0 radical (unpaired) electrons. The Kier molecular flexibility index (Phi) is 8.44. The van der Waals surface area contributed by atoms with Crippen molar-refractivity contribution in [2.75, 3.05) is 0 Å². The number of aliphatic hydroxyl groups excluding tert-OH is 1. The number of rotatable bonds is 10. The molecule has 0 fully saturated rings. The molecular formula is C18H26O4. The first-order valence-electron chi connectivity index (χ1n) is 8.02. The van der Waals surface area contributed by atoms with Crippen molar-refractivity contribution in [3.8, 4) is 0 Å². The Hall–Kier alpha value is -1.68. The first-order chi connectivity index (χ1) is 10.5. The molecule has 2 N–H and O–H groups in total. The van der Waals surface area contributed by atoms with E-state index >= 15 is 0 Å². The maximum Gasteiger partial charge on any atom is 0.303 e. The minimum absolute atomic E-state index is 0.157. The molecule has 0 aromatic heterocycles. The molecule has 0 saturated heterocycles. The summed E-state index contributed by atoms with van der Waals surface area (Å²) in [4.78, 5) is 22.2. The first kappa shape index (κ1) is 18.4. The van der Waals surface area contributed by atoms with Crippen LogP contribution in [0.25, 0.3) is 0 Å². The van der Waals surface area contributed by atoms with E-state index in [1.807, 2.05) is 6.92 Å². The van der Waals surface area contributed by atoms with E-state index in [1.165, 1.54) is 0 Å². The van der Waals surface area contributed by atoms with E-state index in [0.717, 1.165) is 36.8 Å². The van der Waals surface area contributed by atoms with Gasteiger partial charge in [0.15, 0.2) is 5.78 Å². The third-order valence-corrected chi connectivity index (χ3v) is 3.78. The second-order valence-corrected chi connectivity index (χ2v) is 5.59. The molecule has 1 aliphatic rings. The van der Waals surface area contributed by atoms with Gasteiger partial charge in [-0.05, 0) is 38.5 Å². The van der Waals surface area contributed by atoms with Gasteiger partial charge in [-0.15, -0.1) is 0 Å². The summed E-state index contributed by atoms with van der Waals surface area (Å²) in [5.74, 6) is -0.589. The molecule has 4 heteroatoms. The quantitative estimate of drug-likeness (QED) is 0.478. The smallest absolute Gasteiger partial charge is 0.303 e. The van der Waals surface area contributed by atoms with Crippen molar-refractivity contribution >= 4 is 11.8 Å². The average molecular weight is 306 g/mol. The Morgan fingerprint density at radius 1 is 1.27 bits per heavy atom. The largest absolute Gasteiger partial charge is 0.481 e. The number of aliphatic hydroxyl groups is 1. The maximum absolute atomic E-state index is 11.9. The fourth-order valence-electron chi connectivity index (χ4n) is 2.38. The third kappa shape index (κ3) is 6.85. The predicted molar refractivity (Wildman–Crippen MR) is 86.6 cm³/mol. The molecule has 0 heterocycles. The van der Waals surface area contributed by atoms with Gasteiger partial charge in [-0.3, -0.25) is 9.59 Å². The summed E-state index contributed by atoms with van der Waals surface area (Å²) in [6, 6.07) is 0. The van der Waals surface area contributed by atoms with E-state index in [4.69, 9.17) is 5.11 Å². The lowest BCUT2D eigenvalue weighted by Crippen LogP contribution is -2.00. The first-order valence-corrected chi connectivity index (χ1v) is 8.02. The van der Waals surface area contributed by atoms with Crippen LogP contribution in [0.5, 0.6) is 0 Å². The zero-order valence-electron chi connectivity index (χ0n) is 13.3. The molecule has 1 atom stereocenters. The van der Waals surface area contributed by atoms with Crippen LogP contribution in [0.3, 0.4) is 0 Å². The normalized spacial score (nSPS) is 17.1. The average Bonchev–Trinajstić information content (AvgIpc) is 2.83. The number of ketones is 1. The van der Waals surface area contributed by atoms with Gasteiger partial charge in [0.25, 0.3) is 0 Å². The molecule has 0 aliphatic heterocycles. The molecule has 0 bridgehead atoms. The Labute approximate surface area is 132 Å². The minimum atomic E-state index is -0.746. The van der Waals surface area contributed by atoms with Crippen LogP contribution in [0.1, 0.15) is 58.3 Å². The molecule has 4 nitrogen and oxygen atoms in total. The molecule has 0 unspecified atom stereocenters. The summed E-state index contributed by atoms with van der Waals surface area (Å²) in [6.07, 6.45) is 12.5. The number of carboxylic acids is 1. The van der Waals surface area contributed by atoms with Crippen molar-refractivity contribution in [1.82, 2.24) is 0 Å². The molecule has 1 rings (SSSR count). The summed E-state index contributed by atoms with van der Waals surface area (Å²) in [6.45, 7) is 1.90. The van der Waals surface area contributed by atoms with Gasteiger partial charge in [-0.2, -0.15) is 0 Å². The summed E-state index contributed by atoms with van der Waals surface area (Å²) < 4.78 is 0. The Bertz CT molecular complexity index is 471. The van der Waals surface area contributed by atoms with Crippen LogP contribution in [0, 0.1) is 0 Å². The highest BCUT2D eigenvalue weighted by atomic mass is 16.4. The standard InChI is InChI=1S/C18H26O4/c1-2-15(19)11-12-16-14(10-13-17(16)20)8-6-4-3-5-7-9-18(21)22/h4,6,11-12,15,19H,2-3,5,7-10,13H2,1H3,(H,21,22)/b6-4-,12-11+/t15-/m1/s1. The van der Waals surface area contributed by atoms with Crippen LogP contribution in [0.15, 0.2) is 35.5 Å². The lowest BCUT2D eigenvalue weighted by Gasteiger charge is -2.02. The molecule has 0 saturated carbocycles. The van der Waals surface area contributed by atoms with Crippen LogP contribution in [-0.2, 0) is 9.59 Å². The molecule has 0 spiro atoms. The van der Waals surface area contributed by atoms with Crippen LogP contribution in [0.2, 0.25) is 0 Å². The van der Waals surface area contributed by atoms with Gasteiger partial charge < -0.3 is 10.2 Å². The third-order valence-electron chi connectivity index (χ3n) is 3.78. The topological polar surface area (TPSA) is 74.6 Å². The van der Waals surface area contributed by atoms with Gasteiger partial charge in [0, 0.05) is 18.4 Å². The summed E-state index contributed by atoms with van der Waals surface area (Å²) in [5, 5.41) is 18.1. The second kappa shape index (κ2) is 10.1. The summed E-state index contributed by atoms with van der Waals surface area (Å²) in [7, 11) is 0. The number of carbonyl (C=O) groups excluding carboxylic acids is 1. The van der Waals surface area contributed by atoms with Crippen LogP contribution in [-0.4, -0.2) is 28.1 Å². The molecule has 1 aliphatic carbocycles. The molecule has 0 amide bonds. The van der Waals surface area contributed by atoms with Gasteiger partial charge in [0.2, 0.25) is 0 Å². The number of allylic oxidation sites excluding steroid dienone is 5.